The fourth-order valence-electron chi connectivity index (χ4n) is 1.85. The molecule has 0 saturated carbocycles. The van der Waals surface area contributed by atoms with E-state index in [0.717, 1.165) is 5.75 Å². The Morgan fingerprint density at radius 2 is 1.60 bits per heavy atom. The van der Waals surface area contributed by atoms with Gasteiger partial charge < -0.3 is 10.5 Å². The molecule has 2 N–H and O–H groups in total. The molecule has 0 atom stereocenters. The first-order valence-electron chi connectivity index (χ1n) is 6.48. The van der Waals surface area contributed by atoms with E-state index in [0.29, 0.717) is 17.0 Å². The lowest BCUT2D eigenvalue weighted by molar-refractivity contribution is 0.481. The molecule has 3 nitrogen and oxygen atoms in total. The summed E-state index contributed by atoms with van der Waals surface area (Å²) in [5.74, 6) is 1.35. The molecule has 2 aromatic rings. The molecule has 0 aromatic heterocycles. The zero-order chi connectivity index (χ0) is 14.8. The minimum absolute atomic E-state index is 0.119. The second-order valence-corrected chi connectivity index (χ2v) is 5.74. The Hall–Kier alpha value is -2.47. The van der Waals surface area contributed by atoms with Crippen molar-refractivity contribution in [2.45, 2.75) is 26.2 Å². The van der Waals surface area contributed by atoms with Gasteiger partial charge >= 0.3 is 0 Å². The van der Waals surface area contributed by atoms with Gasteiger partial charge in [0.2, 0.25) is 0 Å². The molecule has 20 heavy (non-hydrogen) atoms. The SMILES string of the molecule is CC(C)(C)c1ccc(Oc2ccc(N)c(C#N)c2)cc1. The summed E-state index contributed by atoms with van der Waals surface area (Å²) >= 11 is 0. The average Bonchev–Trinajstić information content (AvgIpc) is 2.40. The van der Waals surface area contributed by atoms with Crippen molar-refractivity contribution in [3.63, 3.8) is 0 Å². The van der Waals surface area contributed by atoms with Crippen molar-refractivity contribution in [2.24, 2.45) is 0 Å². The van der Waals surface area contributed by atoms with Gasteiger partial charge in [0, 0.05) is 11.8 Å². The van der Waals surface area contributed by atoms with Crippen LogP contribution < -0.4 is 10.5 Å². The minimum Gasteiger partial charge on any atom is -0.457 e. The van der Waals surface area contributed by atoms with Crippen LogP contribution in [0.5, 0.6) is 11.5 Å². The maximum absolute atomic E-state index is 8.95. The van der Waals surface area contributed by atoms with Gasteiger partial charge in [-0.3, -0.25) is 0 Å². The maximum atomic E-state index is 8.95. The van der Waals surface area contributed by atoms with Crippen LogP contribution in [0, 0.1) is 11.3 Å². The van der Waals surface area contributed by atoms with E-state index in [-0.39, 0.29) is 5.41 Å². The number of nitrogens with two attached hydrogens (primary N) is 1. The number of hydrogen-bond donors (Lipinski definition) is 1. The van der Waals surface area contributed by atoms with Crippen LogP contribution in [-0.4, -0.2) is 0 Å². The Kier molecular flexibility index (Phi) is 3.67. The highest BCUT2D eigenvalue weighted by Gasteiger charge is 2.13. The first-order chi connectivity index (χ1) is 9.40. The lowest BCUT2D eigenvalue weighted by Gasteiger charge is -2.19. The van der Waals surface area contributed by atoms with Crippen LogP contribution in [0.4, 0.5) is 5.69 Å². The van der Waals surface area contributed by atoms with Crippen molar-refractivity contribution in [3.05, 3.63) is 53.6 Å². The molecule has 102 valence electrons. The number of nitrogen functional groups attached to an aromatic ring is 1. The van der Waals surface area contributed by atoms with Gasteiger partial charge in [-0.25, -0.2) is 0 Å². The molecule has 3 heteroatoms. The molecular formula is C17H18N2O. The molecule has 0 fully saturated rings. The summed E-state index contributed by atoms with van der Waals surface area (Å²) in [7, 11) is 0. The lowest BCUT2D eigenvalue weighted by atomic mass is 9.87. The summed E-state index contributed by atoms with van der Waals surface area (Å²) in [4.78, 5) is 0. The number of nitriles is 1. The summed E-state index contributed by atoms with van der Waals surface area (Å²) in [5, 5.41) is 8.95. The highest BCUT2D eigenvalue weighted by atomic mass is 16.5. The molecule has 0 bridgehead atoms. The van der Waals surface area contributed by atoms with E-state index in [1.165, 1.54) is 5.56 Å². The number of anilines is 1. The van der Waals surface area contributed by atoms with Gasteiger partial charge in [0.1, 0.15) is 17.6 Å². The second-order valence-electron chi connectivity index (χ2n) is 5.74. The van der Waals surface area contributed by atoms with Gasteiger partial charge in [-0.1, -0.05) is 32.9 Å². The van der Waals surface area contributed by atoms with Gasteiger partial charge in [0.05, 0.1) is 5.56 Å². The molecule has 2 aromatic carbocycles. The Morgan fingerprint density at radius 1 is 1.00 bits per heavy atom. The number of ether oxygens (including phenoxy) is 1. The molecule has 0 heterocycles. The molecular weight excluding hydrogens is 248 g/mol. The number of hydrogen-bond acceptors (Lipinski definition) is 3. The monoisotopic (exact) mass is 266 g/mol. The predicted molar refractivity (Wildman–Crippen MR) is 80.8 cm³/mol. The first kappa shape index (κ1) is 14.0. The molecule has 0 aliphatic rings. The topological polar surface area (TPSA) is 59.0 Å². The number of rotatable bonds is 2. The Bertz CT molecular complexity index is 646. The van der Waals surface area contributed by atoms with Crippen molar-refractivity contribution in [1.82, 2.24) is 0 Å². The van der Waals surface area contributed by atoms with Crippen LogP contribution in [0.2, 0.25) is 0 Å². The smallest absolute Gasteiger partial charge is 0.128 e. The fraction of sp³-hybridized carbons (Fsp3) is 0.235. The van der Waals surface area contributed by atoms with Crippen molar-refractivity contribution < 1.29 is 4.74 Å². The second kappa shape index (κ2) is 5.26. The normalized spacial score (nSPS) is 10.9. The van der Waals surface area contributed by atoms with Crippen molar-refractivity contribution in [2.75, 3.05) is 5.73 Å². The lowest BCUT2D eigenvalue weighted by Crippen LogP contribution is -2.10. The highest BCUT2D eigenvalue weighted by Crippen LogP contribution is 2.28. The third-order valence-electron chi connectivity index (χ3n) is 3.10. The van der Waals surface area contributed by atoms with Gasteiger partial charge in [0.15, 0.2) is 0 Å². The molecule has 0 aliphatic heterocycles. The molecule has 0 amide bonds. The minimum atomic E-state index is 0.119. The molecule has 0 unspecified atom stereocenters. The number of benzene rings is 2. The summed E-state index contributed by atoms with van der Waals surface area (Å²) < 4.78 is 5.74. The zero-order valence-corrected chi connectivity index (χ0v) is 12.0. The summed E-state index contributed by atoms with van der Waals surface area (Å²) in [6.07, 6.45) is 0. The van der Waals surface area contributed by atoms with Crippen LogP contribution in [-0.2, 0) is 5.41 Å². The average molecular weight is 266 g/mol. The van der Waals surface area contributed by atoms with E-state index >= 15 is 0 Å². The van der Waals surface area contributed by atoms with E-state index in [1.807, 2.05) is 18.2 Å². The van der Waals surface area contributed by atoms with Crippen LogP contribution in [0.15, 0.2) is 42.5 Å². The van der Waals surface area contributed by atoms with Gasteiger partial charge in [0.25, 0.3) is 0 Å². The van der Waals surface area contributed by atoms with E-state index in [4.69, 9.17) is 15.7 Å². The van der Waals surface area contributed by atoms with E-state index in [9.17, 15) is 0 Å². The van der Waals surface area contributed by atoms with E-state index in [2.05, 4.69) is 32.9 Å². The van der Waals surface area contributed by atoms with Gasteiger partial charge in [-0.15, -0.1) is 0 Å². The van der Waals surface area contributed by atoms with Gasteiger partial charge in [-0.2, -0.15) is 5.26 Å². The Labute approximate surface area is 119 Å². The molecule has 0 spiro atoms. The van der Waals surface area contributed by atoms with Crippen molar-refractivity contribution in [1.29, 1.82) is 5.26 Å². The maximum Gasteiger partial charge on any atom is 0.128 e. The quantitative estimate of drug-likeness (QED) is 0.827. The summed E-state index contributed by atoms with van der Waals surface area (Å²) in [5.41, 5.74) is 7.94. The van der Waals surface area contributed by atoms with Crippen molar-refractivity contribution >= 4 is 5.69 Å². The molecule has 0 aliphatic carbocycles. The van der Waals surface area contributed by atoms with E-state index < -0.39 is 0 Å². The Balaban J connectivity index is 2.21. The standard InChI is InChI=1S/C17H18N2O/c1-17(2,3)13-4-6-14(7-5-13)20-15-8-9-16(19)12(10-15)11-18/h4-10H,19H2,1-3H3. The van der Waals surface area contributed by atoms with Crippen LogP contribution in [0.25, 0.3) is 0 Å². The largest absolute Gasteiger partial charge is 0.457 e. The van der Waals surface area contributed by atoms with Crippen molar-refractivity contribution in [3.8, 4) is 17.6 Å². The third kappa shape index (κ3) is 3.10. The highest BCUT2D eigenvalue weighted by molar-refractivity contribution is 5.57. The zero-order valence-electron chi connectivity index (χ0n) is 12.0. The van der Waals surface area contributed by atoms with Crippen LogP contribution >= 0.6 is 0 Å². The van der Waals surface area contributed by atoms with E-state index in [1.54, 1.807) is 18.2 Å². The van der Waals surface area contributed by atoms with Crippen LogP contribution in [0.1, 0.15) is 31.9 Å². The Morgan fingerprint density at radius 3 is 2.15 bits per heavy atom. The first-order valence-corrected chi connectivity index (χ1v) is 6.48. The predicted octanol–water partition coefficient (Wildman–Crippen LogP) is 4.23. The summed E-state index contributed by atoms with van der Waals surface area (Å²) in [6.45, 7) is 6.51. The summed E-state index contributed by atoms with van der Waals surface area (Å²) in [6, 6.07) is 15.1. The molecule has 2 rings (SSSR count). The molecule has 0 radical (unpaired) electrons. The van der Waals surface area contributed by atoms with Crippen LogP contribution in [0.3, 0.4) is 0 Å². The third-order valence-corrected chi connectivity index (χ3v) is 3.10. The van der Waals surface area contributed by atoms with Gasteiger partial charge in [-0.05, 0) is 35.2 Å². The number of nitrogens with zero attached hydrogens (tertiary/aromatic N) is 1. The fourth-order valence-corrected chi connectivity index (χ4v) is 1.85. The molecule has 0 saturated heterocycles.